The highest BCUT2D eigenvalue weighted by molar-refractivity contribution is 4.96. The molecule has 6 heteroatoms. The first-order valence-electron chi connectivity index (χ1n) is 8.57. The van der Waals surface area contributed by atoms with Crippen LogP contribution in [0.15, 0.2) is 0 Å². The van der Waals surface area contributed by atoms with Crippen molar-refractivity contribution in [3.05, 3.63) is 6.92 Å². The van der Waals surface area contributed by atoms with Gasteiger partial charge in [-0.2, -0.15) is 0 Å². The molecule has 1 radical (unpaired) electrons. The van der Waals surface area contributed by atoms with Gasteiger partial charge in [0.2, 0.25) is 0 Å². The molecule has 0 heterocycles. The van der Waals surface area contributed by atoms with Gasteiger partial charge in [-0.3, -0.25) is 0 Å². The fourth-order valence-electron chi connectivity index (χ4n) is 2.75. The van der Waals surface area contributed by atoms with Gasteiger partial charge in [0.15, 0.2) is 0 Å². The van der Waals surface area contributed by atoms with Crippen molar-refractivity contribution in [1.82, 2.24) is 0 Å². The summed E-state index contributed by atoms with van der Waals surface area (Å²) in [5.74, 6) is -4.14. The van der Waals surface area contributed by atoms with E-state index in [9.17, 15) is 29.2 Å². The molecule has 0 saturated heterocycles. The van der Waals surface area contributed by atoms with Crippen molar-refractivity contribution in [2.45, 2.75) is 102 Å². The highest BCUT2D eigenvalue weighted by Gasteiger charge is 2.52. The van der Waals surface area contributed by atoms with Crippen LogP contribution in [-0.4, -0.2) is 49.3 Å². The summed E-state index contributed by atoms with van der Waals surface area (Å²) in [6.07, 6.45) is -0.390. The minimum Gasteiger partial charge on any atom is -0.390 e. The molecule has 0 saturated carbocycles. The number of hydrogen-bond donors (Lipinski definition) is 4. The summed E-state index contributed by atoms with van der Waals surface area (Å²) < 4.78 is 28.3. The van der Waals surface area contributed by atoms with Crippen LogP contribution in [-0.2, 0) is 0 Å². The van der Waals surface area contributed by atoms with Crippen LogP contribution < -0.4 is 0 Å². The molecule has 3 atom stereocenters. The summed E-state index contributed by atoms with van der Waals surface area (Å²) in [7, 11) is 0. The first-order chi connectivity index (χ1) is 10.5. The molecule has 3 unspecified atom stereocenters. The van der Waals surface area contributed by atoms with E-state index in [1.54, 1.807) is 13.8 Å². The Bertz CT molecular complexity index is 370. The van der Waals surface area contributed by atoms with Crippen LogP contribution in [0, 0.1) is 12.8 Å². The second-order valence-electron chi connectivity index (χ2n) is 8.25. The third-order valence-electron chi connectivity index (χ3n) is 4.79. The number of aliphatic hydroxyl groups excluding tert-OH is 1. The monoisotopic (exact) mass is 353 g/mol. The molecule has 0 aromatic carbocycles. The van der Waals surface area contributed by atoms with Crippen molar-refractivity contribution < 1.29 is 29.2 Å². The predicted molar refractivity (Wildman–Crippen MR) is 90.7 cm³/mol. The smallest absolute Gasteiger partial charge is 0.276 e. The van der Waals surface area contributed by atoms with Gasteiger partial charge < -0.3 is 20.4 Å². The van der Waals surface area contributed by atoms with Crippen molar-refractivity contribution in [1.29, 1.82) is 0 Å². The maximum absolute atomic E-state index is 14.1. The highest BCUT2D eigenvalue weighted by Crippen LogP contribution is 2.42. The minimum absolute atomic E-state index is 0.0973. The maximum atomic E-state index is 14.1. The summed E-state index contributed by atoms with van der Waals surface area (Å²) in [6.45, 7) is 10.5. The van der Waals surface area contributed by atoms with E-state index in [0.717, 1.165) is 6.92 Å². The second-order valence-corrected chi connectivity index (χ2v) is 8.25. The maximum Gasteiger partial charge on any atom is 0.276 e. The van der Waals surface area contributed by atoms with Crippen LogP contribution in [0.25, 0.3) is 0 Å². The van der Waals surface area contributed by atoms with E-state index in [2.05, 4.69) is 6.92 Å². The second kappa shape index (κ2) is 8.39. The Balaban J connectivity index is 5.09. The standard InChI is InChI=1S/C18H35F2O4/c1-7-18(19,20)17(6,24)13(9-8-12-15(2,3)22)10-11-14(21)16(4,5)23/h13-14,21-24H,1,7-12H2,2-6H3. The SMILES string of the molecule is [CH2]CC(F)(F)C(C)(O)C(CCCC(C)(C)O)CCC(O)C(C)(C)O. The average Bonchev–Trinajstić information content (AvgIpc) is 2.39. The summed E-state index contributed by atoms with van der Waals surface area (Å²) in [5.41, 5.74) is -4.51. The van der Waals surface area contributed by atoms with E-state index in [1.807, 2.05) is 0 Å². The molecule has 0 bridgehead atoms. The van der Waals surface area contributed by atoms with Gasteiger partial charge in [-0.25, -0.2) is 8.78 Å². The lowest BCUT2D eigenvalue weighted by Crippen LogP contribution is -2.51. The summed E-state index contributed by atoms with van der Waals surface area (Å²) in [6, 6.07) is 0. The number of aliphatic hydroxyl groups is 4. The molecule has 0 aliphatic heterocycles. The van der Waals surface area contributed by atoms with Gasteiger partial charge in [-0.15, -0.1) is 0 Å². The highest BCUT2D eigenvalue weighted by atomic mass is 19.3. The third kappa shape index (κ3) is 7.30. The average molecular weight is 353 g/mol. The first kappa shape index (κ1) is 23.7. The van der Waals surface area contributed by atoms with E-state index >= 15 is 0 Å². The first-order valence-corrected chi connectivity index (χ1v) is 8.57. The largest absolute Gasteiger partial charge is 0.390 e. The van der Waals surface area contributed by atoms with Gasteiger partial charge in [-0.05, 0) is 73.1 Å². The van der Waals surface area contributed by atoms with E-state index in [1.165, 1.54) is 13.8 Å². The molecule has 0 spiro atoms. The molecule has 145 valence electrons. The van der Waals surface area contributed by atoms with Crippen LogP contribution in [0.4, 0.5) is 8.78 Å². The van der Waals surface area contributed by atoms with Crippen LogP contribution in [0.1, 0.15) is 73.1 Å². The Hall–Kier alpha value is -0.300. The third-order valence-corrected chi connectivity index (χ3v) is 4.79. The van der Waals surface area contributed by atoms with Gasteiger partial charge in [0.1, 0.15) is 5.60 Å². The fraction of sp³-hybridized carbons (Fsp3) is 0.944. The number of rotatable bonds is 11. The number of alkyl halides is 2. The lowest BCUT2D eigenvalue weighted by Gasteiger charge is -2.40. The Labute approximate surface area is 144 Å². The molecular weight excluding hydrogens is 318 g/mol. The van der Waals surface area contributed by atoms with Crippen LogP contribution in [0.5, 0.6) is 0 Å². The van der Waals surface area contributed by atoms with Crippen molar-refractivity contribution in [3.63, 3.8) is 0 Å². The molecule has 0 aromatic heterocycles. The van der Waals surface area contributed by atoms with Gasteiger partial charge in [0, 0.05) is 6.42 Å². The molecule has 0 aliphatic carbocycles. The van der Waals surface area contributed by atoms with E-state index in [-0.39, 0.29) is 19.3 Å². The van der Waals surface area contributed by atoms with Crippen molar-refractivity contribution in [2.24, 2.45) is 5.92 Å². The lowest BCUT2D eigenvalue weighted by atomic mass is 9.75. The van der Waals surface area contributed by atoms with E-state index in [0.29, 0.717) is 12.8 Å². The molecule has 0 aromatic rings. The molecule has 0 amide bonds. The van der Waals surface area contributed by atoms with E-state index < -0.39 is 41.2 Å². The van der Waals surface area contributed by atoms with Crippen molar-refractivity contribution in [3.8, 4) is 0 Å². The number of hydrogen-bond acceptors (Lipinski definition) is 4. The summed E-state index contributed by atoms with van der Waals surface area (Å²) in [5, 5.41) is 40.0. The van der Waals surface area contributed by atoms with Crippen molar-refractivity contribution >= 4 is 0 Å². The van der Waals surface area contributed by atoms with Gasteiger partial charge >= 0.3 is 0 Å². The van der Waals surface area contributed by atoms with Gasteiger partial charge in [-0.1, -0.05) is 6.42 Å². The zero-order valence-electron chi connectivity index (χ0n) is 15.6. The quantitative estimate of drug-likeness (QED) is 0.460. The Morgan fingerprint density at radius 2 is 1.42 bits per heavy atom. The molecule has 4 N–H and O–H groups in total. The van der Waals surface area contributed by atoms with Gasteiger partial charge in [0.05, 0.1) is 17.3 Å². The van der Waals surface area contributed by atoms with Crippen molar-refractivity contribution in [2.75, 3.05) is 0 Å². The summed E-state index contributed by atoms with van der Waals surface area (Å²) in [4.78, 5) is 0. The molecular formula is C18H35F2O4. The summed E-state index contributed by atoms with van der Waals surface area (Å²) >= 11 is 0. The van der Waals surface area contributed by atoms with Crippen LogP contribution in [0.3, 0.4) is 0 Å². The topological polar surface area (TPSA) is 80.9 Å². The lowest BCUT2D eigenvalue weighted by molar-refractivity contribution is -0.201. The molecule has 0 aliphatic rings. The Morgan fingerprint density at radius 1 is 0.917 bits per heavy atom. The Morgan fingerprint density at radius 3 is 1.79 bits per heavy atom. The fourth-order valence-corrected chi connectivity index (χ4v) is 2.75. The minimum atomic E-state index is -3.36. The molecule has 0 rings (SSSR count). The van der Waals surface area contributed by atoms with Crippen LogP contribution >= 0.6 is 0 Å². The molecule has 4 nitrogen and oxygen atoms in total. The Kier molecular flexibility index (Phi) is 8.28. The molecule has 24 heavy (non-hydrogen) atoms. The molecule has 0 fully saturated rings. The van der Waals surface area contributed by atoms with Crippen LogP contribution in [0.2, 0.25) is 0 Å². The van der Waals surface area contributed by atoms with E-state index in [4.69, 9.17) is 0 Å². The number of halogens is 2. The predicted octanol–water partition coefficient (Wildman–Crippen LogP) is 3.07. The zero-order chi connectivity index (χ0) is 19.4. The van der Waals surface area contributed by atoms with Gasteiger partial charge in [0.25, 0.3) is 5.92 Å². The normalized spacial score (nSPS) is 19.0. The zero-order valence-corrected chi connectivity index (χ0v) is 15.6.